The number of aliphatic hydroxyl groups is 1. The summed E-state index contributed by atoms with van der Waals surface area (Å²) in [7, 11) is 0. The maximum atomic E-state index is 12.9. The highest BCUT2D eigenvalue weighted by Crippen LogP contribution is 2.18. The average molecular weight is 350 g/mol. The van der Waals surface area contributed by atoms with Crippen molar-refractivity contribution in [2.24, 2.45) is 4.99 Å². The predicted octanol–water partition coefficient (Wildman–Crippen LogP) is 2.69. The highest BCUT2D eigenvalue weighted by molar-refractivity contribution is 7.11. The normalized spacial score (nSPS) is 13.0. The van der Waals surface area contributed by atoms with Crippen LogP contribution in [0.1, 0.15) is 34.2 Å². The van der Waals surface area contributed by atoms with Gasteiger partial charge >= 0.3 is 0 Å². The summed E-state index contributed by atoms with van der Waals surface area (Å²) in [4.78, 5) is 10.1. The number of hydrogen-bond donors (Lipinski definition) is 3. The van der Waals surface area contributed by atoms with Crippen molar-refractivity contribution in [1.29, 1.82) is 0 Å². The molecule has 0 aliphatic carbocycles. The fraction of sp³-hybridized carbons (Fsp3) is 0.412. The maximum absolute atomic E-state index is 12.9. The zero-order valence-electron chi connectivity index (χ0n) is 14.1. The van der Waals surface area contributed by atoms with E-state index in [1.807, 2.05) is 20.8 Å². The van der Waals surface area contributed by atoms with E-state index in [4.69, 9.17) is 0 Å². The Kier molecular flexibility index (Phi) is 6.69. The highest BCUT2D eigenvalue weighted by atomic mass is 32.1. The first-order valence-corrected chi connectivity index (χ1v) is 8.70. The van der Waals surface area contributed by atoms with Crippen LogP contribution < -0.4 is 10.6 Å². The molecule has 24 heavy (non-hydrogen) atoms. The minimum absolute atomic E-state index is 0.290. The lowest BCUT2D eigenvalue weighted by Crippen LogP contribution is -2.39. The molecule has 130 valence electrons. The number of halogens is 1. The summed E-state index contributed by atoms with van der Waals surface area (Å²) in [6.45, 7) is 7.49. The number of rotatable bonds is 6. The molecule has 1 aromatic heterocycles. The SMILES string of the molecule is CCNC(=NCc1sc(C)nc1C)NCC(O)c1ccc(F)cc1. The van der Waals surface area contributed by atoms with Gasteiger partial charge in [-0.25, -0.2) is 14.4 Å². The van der Waals surface area contributed by atoms with Crippen molar-refractivity contribution >= 4 is 17.3 Å². The molecule has 5 nitrogen and oxygen atoms in total. The van der Waals surface area contributed by atoms with E-state index in [2.05, 4.69) is 20.6 Å². The zero-order valence-corrected chi connectivity index (χ0v) is 15.0. The Morgan fingerprint density at radius 2 is 2.00 bits per heavy atom. The van der Waals surface area contributed by atoms with E-state index in [-0.39, 0.29) is 12.4 Å². The number of nitrogens with one attached hydrogen (secondary N) is 2. The van der Waals surface area contributed by atoms with Crippen molar-refractivity contribution in [3.8, 4) is 0 Å². The zero-order chi connectivity index (χ0) is 17.5. The molecule has 3 N–H and O–H groups in total. The van der Waals surface area contributed by atoms with Gasteiger partial charge in [0.2, 0.25) is 0 Å². The number of benzene rings is 1. The second kappa shape index (κ2) is 8.75. The Labute approximate surface area is 145 Å². The van der Waals surface area contributed by atoms with Crippen LogP contribution in [0, 0.1) is 19.7 Å². The molecule has 2 aromatic rings. The maximum Gasteiger partial charge on any atom is 0.191 e. The number of hydrogen-bond acceptors (Lipinski definition) is 4. The van der Waals surface area contributed by atoms with Crippen molar-refractivity contribution in [1.82, 2.24) is 15.6 Å². The molecule has 0 radical (unpaired) electrons. The molecule has 0 aliphatic heterocycles. The lowest BCUT2D eigenvalue weighted by atomic mass is 10.1. The largest absolute Gasteiger partial charge is 0.387 e. The topological polar surface area (TPSA) is 69.5 Å². The van der Waals surface area contributed by atoms with Gasteiger partial charge in [-0.15, -0.1) is 11.3 Å². The molecule has 0 bridgehead atoms. The van der Waals surface area contributed by atoms with Crippen LogP contribution in [-0.2, 0) is 6.54 Å². The summed E-state index contributed by atoms with van der Waals surface area (Å²) in [6, 6.07) is 5.84. The number of nitrogens with zero attached hydrogens (tertiary/aromatic N) is 2. The van der Waals surface area contributed by atoms with E-state index in [0.29, 0.717) is 18.1 Å². The number of aromatic nitrogens is 1. The van der Waals surface area contributed by atoms with Crippen molar-refractivity contribution in [2.75, 3.05) is 13.1 Å². The van der Waals surface area contributed by atoms with Gasteiger partial charge in [0, 0.05) is 18.0 Å². The van der Waals surface area contributed by atoms with Gasteiger partial charge in [0.15, 0.2) is 5.96 Å². The third-order valence-corrected chi connectivity index (χ3v) is 4.50. The van der Waals surface area contributed by atoms with Crippen LogP contribution in [0.4, 0.5) is 4.39 Å². The second-order valence-electron chi connectivity index (χ2n) is 5.38. The third-order valence-electron chi connectivity index (χ3n) is 3.44. The molecule has 7 heteroatoms. The molecule has 0 aliphatic rings. The standard InChI is InChI=1S/C17H23FN4OS/c1-4-19-17(21-10-16-11(2)22-12(3)24-16)20-9-15(23)13-5-7-14(18)8-6-13/h5-8,15,23H,4,9-10H2,1-3H3,(H2,19,20,21). The molecule has 1 atom stereocenters. The summed E-state index contributed by atoms with van der Waals surface area (Å²) in [5, 5.41) is 17.5. The van der Waals surface area contributed by atoms with Gasteiger partial charge in [-0.05, 0) is 38.5 Å². The summed E-state index contributed by atoms with van der Waals surface area (Å²) >= 11 is 1.64. The van der Waals surface area contributed by atoms with Crippen LogP contribution in [0.2, 0.25) is 0 Å². The van der Waals surface area contributed by atoms with Crippen LogP contribution in [0.3, 0.4) is 0 Å². The predicted molar refractivity (Wildman–Crippen MR) is 95.8 cm³/mol. The lowest BCUT2D eigenvalue weighted by molar-refractivity contribution is 0.180. The monoisotopic (exact) mass is 350 g/mol. The minimum atomic E-state index is -0.734. The first-order chi connectivity index (χ1) is 11.5. The molecule has 1 heterocycles. The molecule has 1 aromatic carbocycles. The molecular weight excluding hydrogens is 327 g/mol. The molecule has 2 rings (SSSR count). The van der Waals surface area contributed by atoms with Crippen LogP contribution in [0.15, 0.2) is 29.3 Å². The number of thiazole rings is 1. The van der Waals surface area contributed by atoms with Crippen LogP contribution in [-0.4, -0.2) is 29.1 Å². The fourth-order valence-corrected chi connectivity index (χ4v) is 3.07. The quantitative estimate of drug-likeness (QED) is 0.553. The van der Waals surface area contributed by atoms with Crippen LogP contribution in [0.25, 0.3) is 0 Å². The van der Waals surface area contributed by atoms with Gasteiger partial charge in [0.25, 0.3) is 0 Å². The van der Waals surface area contributed by atoms with Gasteiger partial charge in [0.05, 0.1) is 23.4 Å². The Bertz CT molecular complexity index is 684. The highest BCUT2D eigenvalue weighted by Gasteiger charge is 2.09. The third kappa shape index (κ3) is 5.28. The summed E-state index contributed by atoms with van der Waals surface area (Å²) in [5.74, 6) is 0.313. The van der Waals surface area contributed by atoms with Crippen molar-refractivity contribution in [3.05, 3.63) is 51.2 Å². The van der Waals surface area contributed by atoms with E-state index in [1.54, 1.807) is 23.5 Å². The average Bonchev–Trinajstić information content (AvgIpc) is 2.88. The van der Waals surface area contributed by atoms with E-state index in [1.165, 1.54) is 12.1 Å². The van der Waals surface area contributed by atoms with Gasteiger partial charge in [-0.1, -0.05) is 12.1 Å². The molecule has 0 saturated heterocycles. The van der Waals surface area contributed by atoms with Gasteiger partial charge < -0.3 is 15.7 Å². The van der Waals surface area contributed by atoms with Crippen LogP contribution >= 0.6 is 11.3 Å². The van der Waals surface area contributed by atoms with Gasteiger partial charge in [-0.2, -0.15) is 0 Å². The van der Waals surface area contributed by atoms with Gasteiger partial charge in [-0.3, -0.25) is 0 Å². The Morgan fingerprint density at radius 3 is 2.58 bits per heavy atom. The summed E-state index contributed by atoms with van der Waals surface area (Å²) in [6.07, 6.45) is -0.734. The fourth-order valence-electron chi connectivity index (χ4n) is 2.21. The van der Waals surface area contributed by atoms with E-state index in [9.17, 15) is 9.50 Å². The van der Waals surface area contributed by atoms with Crippen molar-refractivity contribution < 1.29 is 9.50 Å². The van der Waals surface area contributed by atoms with Crippen LogP contribution in [0.5, 0.6) is 0 Å². The number of aliphatic hydroxyl groups excluding tert-OH is 1. The minimum Gasteiger partial charge on any atom is -0.387 e. The molecule has 1 unspecified atom stereocenters. The number of aliphatic imine (C=N–C) groups is 1. The van der Waals surface area contributed by atoms with E-state index in [0.717, 1.165) is 22.1 Å². The van der Waals surface area contributed by atoms with Crippen molar-refractivity contribution in [2.45, 2.75) is 33.4 Å². The molecule has 0 spiro atoms. The lowest BCUT2D eigenvalue weighted by Gasteiger charge is -2.15. The van der Waals surface area contributed by atoms with Gasteiger partial charge in [0.1, 0.15) is 5.82 Å². The Morgan fingerprint density at radius 1 is 1.29 bits per heavy atom. The summed E-state index contributed by atoms with van der Waals surface area (Å²) in [5.41, 5.74) is 1.66. The first-order valence-electron chi connectivity index (χ1n) is 7.88. The van der Waals surface area contributed by atoms with E-state index >= 15 is 0 Å². The Balaban J connectivity index is 1.96. The molecule has 0 fully saturated rings. The first kappa shape index (κ1) is 18.4. The molecule has 0 amide bonds. The van der Waals surface area contributed by atoms with Crippen molar-refractivity contribution in [3.63, 3.8) is 0 Å². The molecule has 0 saturated carbocycles. The smallest absolute Gasteiger partial charge is 0.191 e. The number of aryl methyl sites for hydroxylation is 2. The van der Waals surface area contributed by atoms with E-state index < -0.39 is 6.10 Å². The Hall–Kier alpha value is -1.99. The summed E-state index contributed by atoms with van der Waals surface area (Å²) < 4.78 is 12.9. The second-order valence-corrected chi connectivity index (χ2v) is 6.67. The molecular formula is C17H23FN4OS. The number of guanidine groups is 1.